The summed E-state index contributed by atoms with van der Waals surface area (Å²) in [6, 6.07) is 14.4. The van der Waals surface area contributed by atoms with Crippen molar-refractivity contribution in [3.8, 4) is 5.75 Å². The van der Waals surface area contributed by atoms with E-state index in [0.717, 1.165) is 12.2 Å². The van der Waals surface area contributed by atoms with Gasteiger partial charge in [-0.2, -0.15) is 0 Å². The summed E-state index contributed by atoms with van der Waals surface area (Å²) >= 11 is 12.0. The van der Waals surface area contributed by atoms with Gasteiger partial charge in [-0.25, -0.2) is 4.79 Å². The number of amides is 2. The maximum Gasteiger partial charge on any atom is 0.322 e. The highest BCUT2D eigenvalue weighted by Gasteiger charge is 2.15. The van der Waals surface area contributed by atoms with Crippen molar-refractivity contribution in [2.45, 2.75) is 0 Å². The topological polar surface area (TPSA) is 44.8 Å². The number of carbonyl (C=O) groups excluding carboxylic acids is 1. The van der Waals surface area contributed by atoms with Crippen LogP contribution in [0.5, 0.6) is 5.75 Å². The molecule has 27 heavy (non-hydrogen) atoms. The predicted octanol–water partition coefficient (Wildman–Crippen LogP) is 4.57. The lowest BCUT2D eigenvalue weighted by Gasteiger charge is -2.24. The molecule has 0 saturated carbocycles. The molecule has 148 valence electrons. The zero-order valence-electron chi connectivity index (χ0n) is 15.3. The van der Waals surface area contributed by atoms with Gasteiger partial charge in [-0.3, -0.25) is 4.90 Å². The number of urea groups is 1. The zero-order valence-corrected chi connectivity index (χ0v) is 17.7. The van der Waals surface area contributed by atoms with E-state index in [2.05, 4.69) is 5.32 Å². The van der Waals surface area contributed by atoms with E-state index in [0.29, 0.717) is 35.5 Å². The van der Waals surface area contributed by atoms with Gasteiger partial charge in [0.2, 0.25) is 0 Å². The van der Waals surface area contributed by atoms with Gasteiger partial charge in [0, 0.05) is 28.8 Å². The molecule has 0 unspecified atom stereocenters. The Bertz CT molecular complexity index is 694. The van der Waals surface area contributed by atoms with Crippen LogP contribution in [0.3, 0.4) is 0 Å². The highest BCUT2D eigenvalue weighted by atomic mass is 35.5. The first-order chi connectivity index (χ1) is 12.5. The number of anilines is 1. The molecule has 0 aliphatic carbocycles. The lowest BCUT2D eigenvalue weighted by Crippen LogP contribution is -2.44. The predicted molar refractivity (Wildman–Crippen MR) is 115 cm³/mol. The van der Waals surface area contributed by atoms with E-state index in [9.17, 15) is 4.79 Å². The van der Waals surface area contributed by atoms with Crippen LogP contribution < -0.4 is 15.0 Å². The minimum Gasteiger partial charge on any atom is -0.492 e. The largest absolute Gasteiger partial charge is 0.492 e. The Kier molecular flexibility index (Phi) is 10.3. The number of benzene rings is 2. The molecule has 0 heterocycles. The molecule has 0 aliphatic heterocycles. The Balaban J connectivity index is 0.00000364. The van der Waals surface area contributed by atoms with E-state index in [4.69, 9.17) is 27.9 Å². The van der Waals surface area contributed by atoms with Gasteiger partial charge in [0.05, 0.1) is 6.54 Å². The lowest BCUT2D eigenvalue weighted by molar-refractivity contribution is 0.242. The number of likely N-dealkylation sites (N-methyl/N-ethyl adjacent to an activating group) is 1. The fraction of sp³-hybridized carbons (Fsp3) is 0.316. The third-order valence-electron chi connectivity index (χ3n) is 3.57. The van der Waals surface area contributed by atoms with Gasteiger partial charge in [-0.15, -0.1) is 12.4 Å². The number of carbonyl (C=O) groups is 1. The molecule has 2 rings (SSSR count). The highest BCUT2D eigenvalue weighted by Crippen LogP contribution is 2.24. The molecule has 0 radical (unpaired) electrons. The summed E-state index contributed by atoms with van der Waals surface area (Å²) in [5.41, 5.74) is 0.808. The molecule has 1 N–H and O–H groups in total. The van der Waals surface area contributed by atoms with Crippen LogP contribution in [0.25, 0.3) is 0 Å². The molecule has 2 amide bonds. The molecule has 0 bridgehead atoms. The summed E-state index contributed by atoms with van der Waals surface area (Å²) in [7, 11) is 3.93. The summed E-state index contributed by atoms with van der Waals surface area (Å²) in [6.45, 7) is 2.04. The Morgan fingerprint density at radius 2 is 1.67 bits per heavy atom. The minimum absolute atomic E-state index is 0. The van der Waals surface area contributed by atoms with Crippen molar-refractivity contribution in [1.82, 2.24) is 10.2 Å². The Morgan fingerprint density at radius 3 is 2.26 bits per heavy atom. The average Bonchev–Trinajstić information content (AvgIpc) is 2.58. The first-order valence-electron chi connectivity index (χ1n) is 8.30. The first kappa shape index (κ1) is 23.4. The van der Waals surface area contributed by atoms with Crippen molar-refractivity contribution < 1.29 is 9.53 Å². The van der Waals surface area contributed by atoms with Crippen LogP contribution in [0, 0.1) is 0 Å². The van der Waals surface area contributed by atoms with Crippen LogP contribution in [-0.4, -0.2) is 51.3 Å². The molecule has 5 nitrogen and oxygen atoms in total. The maximum atomic E-state index is 12.6. The number of hydrogen-bond donors (Lipinski definition) is 1. The van der Waals surface area contributed by atoms with Crippen LogP contribution in [-0.2, 0) is 0 Å². The molecular weight excluding hydrogens is 409 g/mol. The number of nitrogens with one attached hydrogen (secondary N) is 1. The molecule has 2 aromatic carbocycles. The molecule has 8 heteroatoms. The van der Waals surface area contributed by atoms with Crippen LogP contribution in [0.2, 0.25) is 10.0 Å². The number of para-hydroxylation sites is 1. The molecule has 0 fully saturated rings. The minimum atomic E-state index is -0.161. The third kappa shape index (κ3) is 8.26. The monoisotopic (exact) mass is 431 g/mol. The van der Waals surface area contributed by atoms with Crippen LogP contribution in [0.15, 0.2) is 48.5 Å². The first-order valence-corrected chi connectivity index (χ1v) is 9.05. The summed E-state index contributed by atoms with van der Waals surface area (Å²) in [4.78, 5) is 16.2. The van der Waals surface area contributed by atoms with Crippen molar-refractivity contribution in [1.29, 1.82) is 0 Å². The van der Waals surface area contributed by atoms with Crippen LogP contribution >= 0.6 is 35.6 Å². The van der Waals surface area contributed by atoms with E-state index in [1.54, 1.807) is 23.1 Å². The average molecular weight is 433 g/mol. The van der Waals surface area contributed by atoms with Crippen molar-refractivity contribution in [2.24, 2.45) is 0 Å². The number of hydrogen-bond acceptors (Lipinski definition) is 3. The second-order valence-electron chi connectivity index (χ2n) is 5.98. The third-order valence-corrected chi connectivity index (χ3v) is 4.00. The van der Waals surface area contributed by atoms with E-state index in [1.807, 2.05) is 49.3 Å². The molecule has 0 atom stereocenters. The molecule has 0 aromatic heterocycles. The van der Waals surface area contributed by atoms with E-state index >= 15 is 0 Å². The van der Waals surface area contributed by atoms with Gasteiger partial charge in [0.25, 0.3) is 0 Å². The Hall–Kier alpha value is -1.66. The molecule has 2 aromatic rings. The van der Waals surface area contributed by atoms with Crippen molar-refractivity contribution in [3.05, 3.63) is 58.6 Å². The van der Waals surface area contributed by atoms with Gasteiger partial charge in [-0.05, 0) is 44.4 Å². The molecule has 0 saturated heterocycles. The maximum absolute atomic E-state index is 12.6. The van der Waals surface area contributed by atoms with Gasteiger partial charge >= 0.3 is 6.03 Å². The number of nitrogens with zero attached hydrogens (tertiary/aromatic N) is 2. The normalized spacial score (nSPS) is 10.3. The Morgan fingerprint density at radius 1 is 1.04 bits per heavy atom. The van der Waals surface area contributed by atoms with Gasteiger partial charge in [-0.1, -0.05) is 41.4 Å². The quantitative estimate of drug-likeness (QED) is 0.664. The van der Waals surface area contributed by atoms with E-state index in [1.165, 1.54) is 0 Å². The van der Waals surface area contributed by atoms with Crippen molar-refractivity contribution in [2.75, 3.05) is 45.2 Å². The number of halogens is 3. The number of ether oxygens (including phenoxy) is 1. The number of rotatable bonds is 8. The summed E-state index contributed by atoms with van der Waals surface area (Å²) in [5.74, 6) is 0.573. The van der Waals surface area contributed by atoms with E-state index in [-0.39, 0.29) is 18.4 Å². The SMILES string of the molecule is CN(C)CCNC(=O)N(CCOc1cc(Cl)cc(Cl)c1)c1ccccc1.Cl. The molecule has 0 spiro atoms. The molecular formula is C19H24Cl3N3O2. The summed E-state index contributed by atoms with van der Waals surface area (Å²) < 4.78 is 5.71. The highest BCUT2D eigenvalue weighted by molar-refractivity contribution is 6.34. The van der Waals surface area contributed by atoms with Crippen molar-refractivity contribution >= 4 is 47.3 Å². The lowest BCUT2D eigenvalue weighted by atomic mass is 10.3. The Labute approximate surface area is 176 Å². The molecule has 0 aliphatic rings. The van der Waals surface area contributed by atoms with Gasteiger partial charge in [0.1, 0.15) is 12.4 Å². The van der Waals surface area contributed by atoms with Crippen LogP contribution in [0.4, 0.5) is 10.5 Å². The van der Waals surface area contributed by atoms with Gasteiger partial charge in [0.15, 0.2) is 0 Å². The van der Waals surface area contributed by atoms with Crippen LogP contribution in [0.1, 0.15) is 0 Å². The fourth-order valence-electron chi connectivity index (χ4n) is 2.30. The zero-order chi connectivity index (χ0) is 18.9. The summed E-state index contributed by atoms with van der Waals surface area (Å²) in [6.07, 6.45) is 0. The smallest absolute Gasteiger partial charge is 0.322 e. The fourth-order valence-corrected chi connectivity index (χ4v) is 2.81. The van der Waals surface area contributed by atoms with Gasteiger partial charge < -0.3 is 15.0 Å². The van der Waals surface area contributed by atoms with Crippen molar-refractivity contribution in [3.63, 3.8) is 0 Å². The standard InChI is InChI=1S/C19H23Cl2N3O2.ClH/c1-23(2)9-8-22-19(25)24(17-6-4-3-5-7-17)10-11-26-18-13-15(20)12-16(21)14-18;/h3-7,12-14H,8-11H2,1-2H3,(H,22,25);1H. The van der Waals surface area contributed by atoms with E-state index < -0.39 is 0 Å². The second-order valence-corrected chi connectivity index (χ2v) is 6.85. The second kappa shape index (κ2) is 11.9. The summed E-state index contributed by atoms with van der Waals surface area (Å²) in [5, 5.41) is 3.94.